The molecule has 254 valence electrons. The molecule has 0 radical (unpaired) electrons. The summed E-state index contributed by atoms with van der Waals surface area (Å²) in [6.07, 6.45) is 0. The maximum absolute atomic E-state index is 2.45. The highest BCUT2D eigenvalue weighted by Crippen LogP contribution is 2.40. The van der Waals surface area contributed by atoms with Crippen LogP contribution in [0.2, 0.25) is 0 Å². The van der Waals surface area contributed by atoms with Crippen LogP contribution in [0, 0.1) is 0 Å². The molecule has 2 heteroatoms. The van der Waals surface area contributed by atoms with Crippen molar-refractivity contribution in [2.24, 2.45) is 0 Å². The molecule has 0 unspecified atom stereocenters. The van der Waals surface area contributed by atoms with Gasteiger partial charge in [-0.25, -0.2) is 0 Å². The lowest BCUT2D eigenvalue weighted by atomic mass is 10.00. The maximum atomic E-state index is 2.45. The van der Waals surface area contributed by atoms with Crippen molar-refractivity contribution in [3.63, 3.8) is 0 Å². The molecule has 0 bridgehead atoms. The van der Waals surface area contributed by atoms with Gasteiger partial charge in [-0.15, -0.1) is 0 Å². The zero-order valence-corrected chi connectivity index (χ0v) is 29.7. The van der Waals surface area contributed by atoms with Gasteiger partial charge in [0.2, 0.25) is 0 Å². The maximum Gasteiger partial charge on any atom is 0.0547 e. The Morgan fingerprint density at radius 3 is 1.59 bits per heavy atom. The van der Waals surface area contributed by atoms with Crippen molar-refractivity contribution in [2.45, 2.75) is 0 Å². The second-order valence-corrected chi connectivity index (χ2v) is 13.8. The summed E-state index contributed by atoms with van der Waals surface area (Å²) in [5, 5.41) is 5.00. The van der Waals surface area contributed by atoms with Gasteiger partial charge in [-0.3, -0.25) is 0 Å². The zero-order chi connectivity index (χ0) is 35.8. The SMILES string of the molecule is c1ccc(-c2ccc(N(c3ccccc3)c3ccc(-c4ccccc4-n4c5ccccc5c5ccc(-c6ccc7ccccc7c6)cc54)cc3)cc2)cc1. The first-order valence-corrected chi connectivity index (χ1v) is 18.5. The number of rotatable bonds is 7. The Morgan fingerprint density at radius 2 is 0.815 bits per heavy atom. The highest BCUT2D eigenvalue weighted by molar-refractivity contribution is 6.11. The minimum absolute atomic E-state index is 1.10. The summed E-state index contributed by atoms with van der Waals surface area (Å²) >= 11 is 0. The number of aromatic nitrogens is 1. The van der Waals surface area contributed by atoms with Crippen molar-refractivity contribution in [3.8, 4) is 39.1 Å². The summed E-state index contributed by atoms with van der Waals surface area (Å²) in [5.74, 6) is 0. The molecule has 0 amide bonds. The second kappa shape index (κ2) is 13.4. The first-order chi connectivity index (χ1) is 26.8. The molecular weight excluding hydrogens is 653 g/mol. The summed E-state index contributed by atoms with van der Waals surface area (Å²) in [6, 6.07) is 78.8. The normalized spacial score (nSPS) is 11.3. The molecule has 0 saturated heterocycles. The average molecular weight is 689 g/mol. The van der Waals surface area contributed by atoms with E-state index < -0.39 is 0 Å². The van der Waals surface area contributed by atoms with Gasteiger partial charge < -0.3 is 9.47 Å². The van der Waals surface area contributed by atoms with Crippen LogP contribution in [0.25, 0.3) is 71.6 Å². The van der Waals surface area contributed by atoms with Crippen LogP contribution in [0.1, 0.15) is 0 Å². The third-order valence-electron chi connectivity index (χ3n) is 10.6. The molecule has 0 fully saturated rings. The van der Waals surface area contributed by atoms with Gasteiger partial charge in [0.15, 0.2) is 0 Å². The molecule has 9 aromatic carbocycles. The molecule has 54 heavy (non-hydrogen) atoms. The smallest absolute Gasteiger partial charge is 0.0547 e. The summed E-state index contributed by atoms with van der Waals surface area (Å²) < 4.78 is 2.45. The summed E-state index contributed by atoms with van der Waals surface area (Å²) in [5.41, 5.74) is 14.1. The Hall–Kier alpha value is -7.16. The number of hydrogen-bond acceptors (Lipinski definition) is 1. The van der Waals surface area contributed by atoms with Gasteiger partial charge in [0, 0.05) is 33.4 Å². The fourth-order valence-corrected chi connectivity index (χ4v) is 7.94. The number of para-hydroxylation sites is 3. The van der Waals surface area contributed by atoms with E-state index in [4.69, 9.17) is 0 Å². The van der Waals surface area contributed by atoms with Crippen LogP contribution in [0.3, 0.4) is 0 Å². The Kier molecular flexibility index (Phi) is 7.85. The third kappa shape index (κ3) is 5.62. The van der Waals surface area contributed by atoms with E-state index in [1.165, 1.54) is 66.0 Å². The summed E-state index contributed by atoms with van der Waals surface area (Å²) in [4.78, 5) is 2.33. The van der Waals surface area contributed by atoms with Gasteiger partial charge in [0.25, 0.3) is 0 Å². The van der Waals surface area contributed by atoms with E-state index in [1.54, 1.807) is 0 Å². The monoisotopic (exact) mass is 688 g/mol. The van der Waals surface area contributed by atoms with E-state index in [0.717, 1.165) is 22.7 Å². The molecule has 2 nitrogen and oxygen atoms in total. The van der Waals surface area contributed by atoms with Crippen molar-refractivity contribution >= 4 is 49.6 Å². The van der Waals surface area contributed by atoms with Crippen LogP contribution in [-0.4, -0.2) is 4.57 Å². The Balaban J connectivity index is 1.07. The molecule has 0 N–H and O–H groups in total. The highest BCUT2D eigenvalue weighted by atomic mass is 15.1. The van der Waals surface area contributed by atoms with Crippen molar-refractivity contribution in [1.82, 2.24) is 4.57 Å². The van der Waals surface area contributed by atoms with Crippen LogP contribution in [-0.2, 0) is 0 Å². The average Bonchev–Trinajstić information content (AvgIpc) is 3.58. The standard InChI is InChI=1S/C52H36N2/c1-3-13-37(14-4-1)39-25-30-45(31-26-39)53(44-17-5-2-6-18-44)46-32-27-40(28-33-46)47-19-9-11-21-50(47)54-51-22-12-10-20-48(51)49-34-29-43(36-52(49)54)42-24-23-38-15-7-8-16-41(38)35-42/h1-36H. The molecule has 0 saturated carbocycles. The summed E-state index contributed by atoms with van der Waals surface area (Å²) in [7, 11) is 0. The Bertz CT molecular complexity index is 2910. The van der Waals surface area contributed by atoms with Crippen LogP contribution < -0.4 is 4.90 Å². The van der Waals surface area contributed by atoms with E-state index in [9.17, 15) is 0 Å². The van der Waals surface area contributed by atoms with Gasteiger partial charge in [-0.1, -0.05) is 158 Å². The lowest BCUT2D eigenvalue weighted by Gasteiger charge is -2.26. The molecule has 10 rings (SSSR count). The molecule has 1 heterocycles. The predicted octanol–water partition coefficient (Wildman–Crippen LogP) is 14.4. The quantitative estimate of drug-likeness (QED) is 0.162. The van der Waals surface area contributed by atoms with Gasteiger partial charge >= 0.3 is 0 Å². The topological polar surface area (TPSA) is 8.17 Å². The highest BCUT2D eigenvalue weighted by Gasteiger charge is 2.18. The van der Waals surface area contributed by atoms with E-state index in [-0.39, 0.29) is 0 Å². The lowest BCUT2D eigenvalue weighted by Crippen LogP contribution is -2.09. The first kappa shape index (κ1) is 31.6. The van der Waals surface area contributed by atoms with E-state index in [1.807, 2.05) is 0 Å². The fraction of sp³-hybridized carbons (Fsp3) is 0. The summed E-state index contributed by atoms with van der Waals surface area (Å²) in [6.45, 7) is 0. The number of hydrogen-bond donors (Lipinski definition) is 0. The molecule has 1 aromatic heterocycles. The number of anilines is 3. The predicted molar refractivity (Wildman–Crippen MR) is 229 cm³/mol. The third-order valence-corrected chi connectivity index (χ3v) is 10.6. The number of nitrogens with zero attached hydrogens (tertiary/aromatic N) is 2. The van der Waals surface area contributed by atoms with Gasteiger partial charge in [0.1, 0.15) is 0 Å². The molecular formula is C52H36N2. The van der Waals surface area contributed by atoms with Crippen molar-refractivity contribution < 1.29 is 0 Å². The Labute approximate surface area is 315 Å². The van der Waals surface area contributed by atoms with Crippen LogP contribution in [0.5, 0.6) is 0 Å². The van der Waals surface area contributed by atoms with Crippen LogP contribution in [0.15, 0.2) is 218 Å². The van der Waals surface area contributed by atoms with Gasteiger partial charge in [0.05, 0.1) is 16.7 Å². The molecule has 0 aliphatic heterocycles. The van der Waals surface area contributed by atoms with E-state index >= 15 is 0 Å². The van der Waals surface area contributed by atoms with Gasteiger partial charge in [-0.05, 0) is 99.3 Å². The molecule has 0 atom stereocenters. The molecule has 0 spiro atoms. The van der Waals surface area contributed by atoms with E-state index in [2.05, 4.69) is 228 Å². The minimum Gasteiger partial charge on any atom is -0.311 e. The minimum atomic E-state index is 1.10. The molecule has 0 aliphatic rings. The fourth-order valence-electron chi connectivity index (χ4n) is 7.94. The zero-order valence-electron chi connectivity index (χ0n) is 29.7. The van der Waals surface area contributed by atoms with Crippen molar-refractivity contribution in [1.29, 1.82) is 0 Å². The number of fused-ring (bicyclic) bond motifs is 4. The first-order valence-electron chi connectivity index (χ1n) is 18.5. The molecule has 10 aromatic rings. The Morgan fingerprint density at radius 1 is 0.296 bits per heavy atom. The van der Waals surface area contributed by atoms with Crippen molar-refractivity contribution in [3.05, 3.63) is 218 Å². The van der Waals surface area contributed by atoms with Gasteiger partial charge in [-0.2, -0.15) is 0 Å². The largest absolute Gasteiger partial charge is 0.311 e. The van der Waals surface area contributed by atoms with E-state index in [0.29, 0.717) is 0 Å². The molecule has 0 aliphatic carbocycles. The lowest BCUT2D eigenvalue weighted by molar-refractivity contribution is 1.18. The number of benzene rings is 9. The van der Waals surface area contributed by atoms with Crippen molar-refractivity contribution in [2.75, 3.05) is 4.90 Å². The van der Waals surface area contributed by atoms with Crippen LogP contribution >= 0.6 is 0 Å². The van der Waals surface area contributed by atoms with Crippen LogP contribution in [0.4, 0.5) is 17.1 Å². The second-order valence-electron chi connectivity index (χ2n) is 13.8.